The molecule has 1 saturated heterocycles. The summed E-state index contributed by atoms with van der Waals surface area (Å²) in [6.45, 7) is 6.15. The van der Waals surface area contributed by atoms with E-state index in [2.05, 4.69) is 15.5 Å². The molecule has 2 aliphatic rings. The number of nitrogens with zero attached hydrogens (tertiary/aromatic N) is 3. The van der Waals surface area contributed by atoms with E-state index in [0.29, 0.717) is 11.3 Å². The summed E-state index contributed by atoms with van der Waals surface area (Å²) < 4.78 is 10.0. The number of anilines is 1. The summed E-state index contributed by atoms with van der Waals surface area (Å²) in [6, 6.07) is -0.898. The van der Waals surface area contributed by atoms with Crippen LogP contribution in [-0.2, 0) is 33.5 Å². The van der Waals surface area contributed by atoms with Crippen molar-refractivity contribution in [2.24, 2.45) is 10.6 Å². The number of amides is 2. The third-order valence-electron chi connectivity index (χ3n) is 4.79. The van der Waals surface area contributed by atoms with E-state index in [4.69, 9.17) is 20.0 Å². The third-order valence-corrected chi connectivity index (χ3v) is 6.89. The van der Waals surface area contributed by atoms with Crippen molar-refractivity contribution in [1.29, 1.82) is 0 Å². The van der Waals surface area contributed by atoms with Crippen LogP contribution in [0.1, 0.15) is 33.4 Å². The molecule has 3 N–H and O–H groups in total. The summed E-state index contributed by atoms with van der Waals surface area (Å²) in [4.78, 5) is 60.3. The molecule has 2 amide bonds. The summed E-state index contributed by atoms with van der Waals surface area (Å²) >= 11 is 2.52. The van der Waals surface area contributed by atoms with Gasteiger partial charge in [-0.1, -0.05) is 5.16 Å². The van der Waals surface area contributed by atoms with Gasteiger partial charge in [0.2, 0.25) is 6.79 Å². The number of nitrogens with one attached hydrogen (secondary N) is 1. The second-order valence-electron chi connectivity index (χ2n) is 8.41. The molecule has 2 atom stereocenters. The molecule has 0 saturated carbocycles. The second kappa shape index (κ2) is 10.0. The minimum atomic E-state index is -0.898. The molecular formula is C20H25N5O7S2. The average molecular weight is 512 g/mol. The van der Waals surface area contributed by atoms with E-state index < -0.39 is 47.4 Å². The Kier molecular flexibility index (Phi) is 7.51. The van der Waals surface area contributed by atoms with Gasteiger partial charge in [0.05, 0.1) is 5.41 Å². The van der Waals surface area contributed by atoms with Gasteiger partial charge in [-0.05, 0) is 33.3 Å². The number of aromatic nitrogens is 1. The average Bonchev–Trinajstić information content (AvgIpc) is 3.20. The highest BCUT2D eigenvalue weighted by Gasteiger charge is 2.54. The topological polar surface area (TPSA) is 163 Å². The highest BCUT2D eigenvalue weighted by atomic mass is 32.2. The van der Waals surface area contributed by atoms with Gasteiger partial charge in [0.15, 0.2) is 10.8 Å². The van der Waals surface area contributed by atoms with Crippen LogP contribution in [-0.4, -0.2) is 70.4 Å². The molecule has 0 spiro atoms. The fourth-order valence-corrected chi connectivity index (χ4v) is 4.93. The Labute approximate surface area is 203 Å². The first kappa shape index (κ1) is 25.5. The Morgan fingerprint density at radius 2 is 2.03 bits per heavy atom. The van der Waals surface area contributed by atoms with Crippen LogP contribution in [0.5, 0.6) is 0 Å². The fraction of sp³-hybridized carbons (Fsp3) is 0.500. The number of esters is 2. The van der Waals surface area contributed by atoms with Crippen LogP contribution >= 0.6 is 23.1 Å². The normalized spacial score (nSPS) is 20.3. The number of thiazole rings is 1. The zero-order valence-electron chi connectivity index (χ0n) is 19.2. The molecule has 0 aliphatic carbocycles. The monoisotopic (exact) mass is 511 g/mol. The highest BCUT2D eigenvalue weighted by molar-refractivity contribution is 8.00. The summed E-state index contributed by atoms with van der Waals surface area (Å²) in [6.07, 6.45) is 0. The molecule has 0 radical (unpaired) electrons. The van der Waals surface area contributed by atoms with Gasteiger partial charge in [0, 0.05) is 11.1 Å². The van der Waals surface area contributed by atoms with Crippen molar-refractivity contribution in [3.8, 4) is 0 Å². The summed E-state index contributed by atoms with van der Waals surface area (Å²) in [5.41, 5.74) is 5.67. The molecule has 1 aromatic heterocycles. The molecule has 14 heteroatoms. The first-order valence-corrected chi connectivity index (χ1v) is 12.0. The Hall–Kier alpha value is -3.13. The van der Waals surface area contributed by atoms with E-state index in [1.54, 1.807) is 33.1 Å². The number of carbonyl (C=O) groups excluding carboxylic acids is 4. The molecule has 3 rings (SSSR count). The zero-order chi connectivity index (χ0) is 25.2. The van der Waals surface area contributed by atoms with E-state index in [-0.39, 0.29) is 22.2 Å². The minimum Gasteiger partial charge on any atom is -0.427 e. The maximum absolute atomic E-state index is 12.9. The molecule has 0 bridgehead atoms. The van der Waals surface area contributed by atoms with Crippen LogP contribution in [0, 0.1) is 5.41 Å². The van der Waals surface area contributed by atoms with Crippen molar-refractivity contribution >= 4 is 57.7 Å². The summed E-state index contributed by atoms with van der Waals surface area (Å²) in [5.74, 6) is -2.04. The summed E-state index contributed by atoms with van der Waals surface area (Å²) in [5, 5.41) is 7.60. The van der Waals surface area contributed by atoms with Gasteiger partial charge in [-0.25, -0.2) is 9.78 Å². The standard InChI is InChI=1S/C20H25N5O7S2/c1-9-6-33-16-12(23-14(26)11(24-30-5)10-7-34-19(21)22-10)15(27)25(16)13(9)17(28)31-8-32-18(29)20(2,3)4/h7,12,16H,6,8H2,1-5H3,(H2,21,22)(H,23,26)/b24-11-/t12-,16-/m0/s1. The van der Waals surface area contributed by atoms with Crippen LogP contribution in [0.15, 0.2) is 21.8 Å². The van der Waals surface area contributed by atoms with E-state index in [1.807, 2.05) is 0 Å². The molecule has 0 unspecified atom stereocenters. The lowest BCUT2D eigenvalue weighted by Gasteiger charge is -2.49. The van der Waals surface area contributed by atoms with Crippen molar-refractivity contribution in [1.82, 2.24) is 15.2 Å². The van der Waals surface area contributed by atoms with Crippen molar-refractivity contribution in [2.45, 2.75) is 39.1 Å². The number of rotatable bonds is 7. The van der Waals surface area contributed by atoms with Crippen LogP contribution in [0.2, 0.25) is 0 Å². The Morgan fingerprint density at radius 1 is 1.32 bits per heavy atom. The zero-order valence-corrected chi connectivity index (χ0v) is 20.9. The van der Waals surface area contributed by atoms with E-state index in [1.165, 1.54) is 23.8 Å². The molecule has 1 fully saturated rings. The Bertz CT molecular complexity index is 1080. The van der Waals surface area contributed by atoms with Gasteiger partial charge in [-0.3, -0.25) is 19.3 Å². The number of carbonyl (C=O) groups is 4. The van der Waals surface area contributed by atoms with Gasteiger partial charge in [0.25, 0.3) is 11.8 Å². The highest BCUT2D eigenvalue weighted by Crippen LogP contribution is 2.40. The van der Waals surface area contributed by atoms with Crippen LogP contribution in [0.4, 0.5) is 5.13 Å². The Morgan fingerprint density at radius 3 is 2.62 bits per heavy atom. The smallest absolute Gasteiger partial charge is 0.357 e. The molecule has 34 heavy (non-hydrogen) atoms. The lowest BCUT2D eigenvalue weighted by molar-refractivity contribution is -0.173. The molecule has 0 aromatic carbocycles. The number of ether oxygens (including phenoxy) is 2. The number of β-lactam (4-membered cyclic amide) rings is 1. The maximum Gasteiger partial charge on any atom is 0.357 e. The van der Waals surface area contributed by atoms with Gasteiger partial charge in [-0.15, -0.1) is 23.1 Å². The fourth-order valence-electron chi connectivity index (χ4n) is 3.09. The number of nitrogens with two attached hydrogens (primary N) is 1. The first-order valence-electron chi connectivity index (χ1n) is 10.1. The molecule has 12 nitrogen and oxygen atoms in total. The molecule has 1 aromatic rings. The third kappa shape index (κ3) is 5.17. The lowest BCUT2D eigenvalue weighted by Crippen LogP contribution is -2.71. The molecule has 3 heterocycles. The molecular weight excluding hydrogens is 486 g/mol. The van der Waals surface area contributed by atoms with E-state index in [0.717, 1.165) is 11.3 Å². The van der Waals surface area contributed by atoms with Crippen molar-refractivity contribution in [3.05, 3.63) is 22.3 Å². The maximum atomic E-state index is 12.9. The number of fused-ring (bicyclic) bond motifs is 1. The molecule has 184 valence electrons. The van der Waals surface area contributed by atoms with Gasteiger partial charge >= 0.3 is 11.9 Å². The van der Waals surface area contributed by atoms with Crippen molar-refractivity contribution in [2.75, 3.05) is 25.4 Å². The van der Waals surface area contributed by atoms with Gasteiger partial charge in [0.1, 0.15) is 29.9 Å². The SMILES string of the molecule is CO/N=C(\C(=O)N[C@H]1C(=O)N2C(C(=O)OCOC(=O)C(C)(C)C)=C(C)CS[C@@H]12)c1csc(N)n1. The van der Waals surface area contributed by atoms with Crippen LogP contribution < -0.4 is 11.1 Å². The van der Waals surface area contributed by atoms with Crippen molar-refractivity contribution in [3.63, 3.8) is 0 Å². The Balaban J connectivity index is 1.66. The van der Waals surface area contributed by atoms with E-state index in [9.17, 15) is 19.2 Å². The van der Waals surface area contributed by atoms with Crippen LogP contribution in [0.25, 0.3) is 0 Å². The second-order valence-corrected chi connectivity index (χ2v) is 10.4. The lowest BCUT2D eigenvalue weighted by atomic mass is 9.98. The number of hydrogen-bond donors (Lipinski definition) is 2. The van der Waals surface area contributed by atoms with Gasteiger partial charge in [-0.2, -0.15) is 0 Å². The predicted octanol–water partition coefficient (Wildman–Crippen LogP) is 0.840. The number of oxime groups is 1. The molecule has 2 aliphatic heterocycles. The number of nitrogen functional groups attached to an aromatic ring is 1. The predicted molar refractivity (Wildman–Crippen MR) is 124 cm³/mol. The minimum absolute atomic E-state index is 0.0733. The first-order chi connectivity index (χ1) is 16.0. The van der Waals surface area contributed by atoms with E-state index >= 15 is 0 Å². The van der Waals surface area contributed by atoms with Crippen molar-refractivity contribution < 1.29 is 33.5 Å². The largest absolute Gasteiger partial charge is 0.427 e. The van der Waals surface area contributed by atoms with Crippen LogP contribution in [0.3, 0.4) is 0 Å². The van der Waals surface area contributed by atoms with Gasteiger partial charge < -0.3 is 25.4 Å². The number of thioether (sulfide) groups is 1. The quantitative estimate of drug-likeness (QED) is 0.176. The summed E-state index contributed by atoms with van der Waals surface area (Å²) in [7, 11) is 1.28. The number of hydrogen-bond acceptors (Lipinski definition) is 12.